The van der Waals surface area contributed by atoms with Gasteiger partial charge in [-0.15, -0.1) is 0 Å². The molecule has 1 aromatic carbocycles. The highest BCUT2D eigenvalue weighted by Crippen LogP contribution is 2.57. The van der Waals surface area contributed by atoms with Gasteiger partial charge in [-0.05, 0) is 68.4 Å². The first-order valence-corrected chi connectivity index (χ1v) is 7.29. The van der Waals surface area contributed by atoms with Gasteiger partial charge in [-0.1, -0.05) is 18.2 Å². The number of anilines is 1. The topological polar surface area (TPSA) is 23.5 Å². The Morgan fingerprint density at radius 2 is 1.39 bits per heavy atom. The van der Waals surface area contributed by atoms with Gasteiger partial charge in [0.2, 0.25) is 0 Å². The Hall–Kier alpha value is -1.02. The molecule has 1 N–H and O–H groups in total. The van der Waals surface area contributed by atoms with Crippen molar-refractivity contribution in [3.8, 4) is 0 Å². The molecule has 0 unspecified atom stereocenters. The molecule has 4 saturated carbocycles. The maximum atomic E-state index is 10.7. The minimum Gasteiger partial charge on any atom is -0.288 e. The maximum Gasteiger partial charge on any atom is 0.0679 e. The summed E-state index contributed by atoms with van der Waals surface area (Å²) in [7, 11) is 0. The summed E-state index contributed by atoms with van der Waals surface area (Å²) in [5, 5.41) is 12.3. The van der Waals surface area contributed by atoms with Gasteiger partial charge < -0.3 is 0 Å². The molecule has 5 rings (SSSR count). The van der Waals surface area contributed by atoms with E-state index in [-0.39, 0.29) is 5.54 Å². The summed E-state index contributed by atoms with van der Waals surface area (Å²) in [6, 6.07) is 10.1. The molecule has 0 aromatic heterocycles. The Morgan fingerprint density at radius 1 is 0.889 bits per heavy atom. The van der Waals surface area contributed by atoms with Crippen molar-refractivity contribution < 1.29 is 5.21 Å². The Balaban J connectivity index is 1.67. The van der Waals surface area contributed by atoms with E-state index in [1.54, 1.807) is 5.06 Å². The molecule has 2 nitrogen and oxygen atoms in total. The second kappa shape index (κ2) is 3.74. The average Bonchev–Trinajstić information content (AvgIpc) is 2.37. The van der Waals surface area contributed by atoms with E-state index in [0.717, 1.165) is 23.4 Å². The van der Waals surface area contributed by atoms with Crippen molar-refractivity contribution in [1.29, 1.82) is 0 Å². The molecular formula is C16H21NO. The van der Waals surface area contributed by atoms with E-state index in [4.69, 9.17) is 0 Å². The van der Waals surface area contributed by atoms with E-state index in [1.807, 2.05) is 30.3 Å². The summed E-state index contributed by atoms with van der Waals surface area (Å²) in [6.45, 7) is 0. The quantitative estimate of drug-likeness (QED) is 0.797. The van der Waals surface area contributed by atoms with Gasteiger partial charge in [-0.2, -0.15) is 0 Å². The van der Waals surface area contributed by atoms with Gasteiger partial charge in [0.25, 0.3) is 0 Å². The fourth-order valence-electron chi connectivity index (χ4n) is 5.17. The van der Waals surface area contributed by atoms with E-state index in [2.05, 4.69) is 0 Å². The van der Waals surface area contributed by atoms with Crippen LogP contribution in [0.3, 0.4) is 0 Å². The van der Waals surface area contributed by atoms with Gasteiger partial charge in [0.05, 0.1) is 11.2 Å². The molecule has 4 aliphatic carbocycles. The van der Waals surface area contributed by atoms with Crippen molar-refractivity contribution in [2.45, 2.75) is 44.1 Å². The zero-order valence-corrected chi connectivity index (χ0v) is 10.8. The minimum atomic E-state index is 0.0517. The van der Waals surface area contributed by atoms with E-state index < -0.39 is 0 Å². The standard InChI is InChI=1S/C16H21NO/c18-17(15-4-2-1-3-5-15)16-9-12-6-13(10-16)8-14(7-12)11-16/h1-5,12-14,18H,6-11H2/t12-,13+,14-,16-. The number of nitrogens with zero attached hydrogens (tertiary/aromatic N) is 1. The largest absolute Gasteiger partial charge is 0.288 e. The van der Waals surface area contributed by atoms with Crippen LogP contribution in [-0.4, -0.2) is 10.7 Å². The van der Waals surface area contributed by atoms with Crippen LogP contribution in [0.15, 0.2) is 30.3 Å². The highest BCUT2D eigenvalue weighted by molar-refractivity contribution is 5.46. The van der Waals surface area contributed by atoms with Gasteiger partial charge in [0, 0.05) is 0 Å². The Kier molecular flexibility index (Phi) is 2.25. The van der Waals surface area contributed by atoms with E-state index >= 15 is 0 Å². The third kappa shape index (κ3) is 1.51. The van der Waals surface area contributed by atoms with Gasteiger partial charge in [-0.3, -0.25) is 10.3 Å². The first kappa shape index (κ1) is 10.9. The van der Waals surface area contributed by atoms with E-state index in [1.165, 1.54) is 38.5 Å². The minimum absolute atomic E-state index is 0.0517. The van der Waals surface area contributed by atoms with Crippen LogP contribution in [0.4, 0.5) is 5.69 Å². The SMILES string of the molecule is ON(c1ccccc1)[C@]12C[C@H]3C[C@H](C[C@H](C3)C1)C2. The molecule has 18 heavy (non-hydrogen) atoms. The summed E-state index contributed by atoms with van der Waals surface area (Å²) in [5.41, 5.74) is 1.02. The number of hydrogen-bond donors (Lipinski definition) is 1. The lowest BCUT2D eigenvalue weighted by molar-refractivity contribution is -0.0421. The molecule has 4 fully saturated rings. The van der Waals surface area contributed by atoms with Crippen molar-refractivity contribution in [2.75, 3.05) is 5.06 Å². The number of rotatable bonds is 2. The highest BCUT2D eigenvalue weighted by atomic mass is 16.5. The highest BCUT2D eigenvalue weighted by Gasteiger charge is 2.53. The molecule has 0 atom stereocenters. The predicted octanol–water partition coefficient (Wildman–Crippen LogP) is 3.85. The van der Waals surface area contributed by atoms with E-state index in [0.29, 0.717) is 0 Å². The molecule has 2 heteroatoms. The van der Waals surface area contributed by atoms with Crippen molar-refractivity contribution in [1.82, 2.24) is 0 Å². The van der Waals surface area contributed by atoms with Crippen LogP contribution >= 0.6 is 0 Å². The lowest BCUT2D eigenvalue weighted by Crippen LogP contribution is -2.59. The van der Waals surface area contributed by atoms with Crippen LogP contribution in [0.25, 0.3) is 0 Å². The first-order chi connectivity index (χ1) is 8.75. The molecule has 0 saturated heterocycles. The molecule has 4 bridgehead atoms. The van der Waals surface area contributed by atoms with Crippen molar-refractivity contribution in [3.63, 3.8) is 0 Å². The second-order valence-electron chi connectivity index (χ2n) is 6.79. The first-order valence-electron chi connectivity index (χ1n) is 7.29. The van der Waals surface area contributed by atoms with Crippen LogP contribution in [-0.2, 0) is 0 Å². The number of hydrogen-bond acceptors (Lipinski definition) is 2. The van der Waals surface area contributed by atoms with Crippen molar-refractivity contribution in [2.24, 2.45) is 17.8 Å². The number of hydroxylamine groups is 1. The Bertz CT molecular complexity index is 406. The second-order valence-corrected chi connectivity index (χ2v) is 6.79. The lowest BCUT2D eigenvalue weighted by Gasteiger charge is -2.59. The van der Waals surface area contributed by atoms with Crippen LogP contribution in [0.2, 0.25) is 0 Å². The summed E-state index contributed by atoms with van der Waals surface area (Å²) in [5.74, 6) is 2.61. The molecule has 0 aliphatic heterocycles. The van der Waals surface area contributed by atoms with Crippen molar-refractivity contribution in [3.05, 3.63) is 30.3 Å². The molecule has 0 spiro atoms. The smallest absolute Gasteiger partial charge is 0.0679 e. The predicted molar refractivity (Wildman–Crippen MR) is 71.6 cm³/mol. The van der Waals surface area contributed by atoms with Gasteiger partial charge >= 0.3 is 0 Å². The molecule has 4 aliphatic rings. The third-order valence-electron chi connectivity index (χ3n) is 5.46. The molecule has 0 radical (unpaired) electrons. The summed E-state index contributed by atoms with van der Waals surface area (Å²) in [4.78, 5) is 0. The summed E-state index contributed by atoms with van der Waals surface area (Å²) >= 11 is 0. The normalized spacial score (nSPS) is 41.1. The molecule has 96 valence electrons. The number of benzene rings is 1. The number of para-hydroxylation sites is 1. The van der Waals surface area contributed by atoms with Crippen LogP contribution in [0, 0.1) is 17.8 Å². The molecular weight excluding hydrogens is 222 g/mol. The van der Waals surface area contributed by atoms with Crippen LogP contribution in [0.1, 0.15) is 38.5 Å². The van der Waals surface area contributed by atoms with Gasteiger partial charge in [0.1, 0.15) is 0 Å². The molecule has 0 amide bonds. The van der Waals surface area contributed by atoms with Gasteiger partial charge in [-0.25, -0.2) is 0 Å². The maximum absolute atomic E-state index is 10.7. The monoisotopic (exact) mass is 243 g/mol. The van der Waals surface area contributed by atoms with E-state index in [9.17, 15) is 5.21 Å². The van der Waals surface area contributed by atoms with Crippen LogP contribution < -0.4 is 5.06 Å². The Morgan fingerprint density at radius 3 is 1.89 bits per heavy atom. The summed E-state index contributed by atoms with van der Waals surface area (Å²) < 4.78 is 0. The Labute approximate surface area is 109 Å². The zero-order chi connectivity index (χ0) is 12.2. The fraction of sp³-hybridized carbons (Fsp3) is 0.625. The van der Waals surface area contributed by atoms with Crippen LogP contribution in [0.5, 0.6) is 0 Å². The third-order valence-corrected chi connectivity index (χ3v) is 5.46. The summed E-state index contributed by atoms with van der Waals surface area (Å²) in [6.07, 6.45) is 7.85. The average molecular weight is 243 g/mol. The lowest BCUT2D eigenvalue weighted by atomic mass is 9.53. The van der Waals surface area contributed by atoms with Crippen molar-refractivity contribution >= 4 is 5.69 Å². The molecule has 0 heterocycles. The molecule has 1 aromatic rings. The zero-order valence-electron chi connectivity index (χ0n) is 10.8. The van der Waals surface area contributed by atoms with Gasteiger partial charge in [0.15, 0.2) is 0 Å². The fourth-order valence-corrected chi connectivity index (χ4v) is 5.17.